The van der Waals surface area contributed by atoms with E-state index in [0.29, 0.717) is 38.5 Å². The smallest absolute Gasteiger partial charge is 0.250 e. The SMILES string of the molecule is CCn1c(NC(=O)/C=C/c2ccc(Cl)c(Cl)c2)nnc1SCc1ccccc1Cl. The van der Waals surface area contributed by atoms with Crippen molar-refractivity contribution in [3.05, 3.63) is 74.7 Å². The number of halogens is 3. The molecule has 0 saturated carbocycles. The van der Waals surface area contributed by atoms with Crippen molar-refractivity contribution in [3.8, 4) is 0 Å². The van der Waals surface area contributed by atoms with Gasteiger partial charge in [-0.15, -0.1) is 10.2 Å². The number of nitrogens with one attached hydrogen (secondary N) is 1. The second kappa shape index (κ2) is 10.2. The van der Waals surface area contributed by atoms with Crippen LogP contribution in [0.3, 0.4) is 0 Å². The fourth-order valence-corrected chi connectivity index (χ4v) is 4.07. The average Bonchev–Trinajstić information content (AvgIpc) is 3.09. The standard InChI is InChI=1S/C20H17Cl3N4OS/c1-2-27-19(24-18(28)10-8-13-7-9-16(22)17(23)11-13)25-26-20(27)29-12-14-5-3-4-6-15(14)21/h3-11H,2,12H2,1H3,(H,24,25,28)/b10-8+. The maximum atomic E-state index is 12.3. The van der Waals surface area contributed by atoms with Crippen LogP contribution in [0.4, 0.5) is 5.95 Å². The second-order valence-corrected chi connectivity index (χ2v) is 8.09. The van der Waals surface area contributed by atoms with Gasteiger partial charge in [-0.1, -0.05) is 70.8 Å². The summed E-state index contributed by atoms with van der Waals surface area (Å²) in [6.07, 6.45) is 3.06. The number of thioether (sulfide) groups is 1. The van der Waals surface area contributed by atoms with Crippen molar-refractivity contribution in [2.45, 2.75) is 24.4 Å². The lowest BCUT2D eigenvalue weighted by Gasteiger charge is -2.08. The van der Waals surface area contributed by atoms with E-state index in [0.717, 1.165) is 11.1 Å². The molecule has 0 atom stereocenters. The number of benzene rings is 2. The summed E-state index contributed by atoms with van der Waals surface area (Å²) in [5, 5.41) is 13.3. The number of carbonyl (C=O) groups excluding carboxylic acids is 1. The molecule has 0 unspecified atom stereocenters. The highest BCUT2D eigenvalue weighted by atomic mass is 35.5. The number of hydrogen-bond acceptors (Lipinski definition) is 4. The number of aromatic nitrogens is 3. The number of rotatable bonds is 7. The van der Waals surface area contributed by atoms with Gasteiger partial charge in [0.2, 0.25) is 5.95 Å². The van der Waals surface area contributed by atoms with Gasteiger partial charge in [-0.2, -0.15) is 0 Å². The molecule has 0 bridgehead atoms. The minimum Gasteiger partial charge on any atom is -0.291 e. The molecule has 1 N–H and O–H groups in total. The third-order valence-electron chi connectivity index (χ3n) is 3.95. The number of amides is 1. The van der Waals surface area contributed by atoms with E-state index in [-0.39, 0.29) is 5.91 Å². The zero-order valence-corrected chi connectivity index (χ0v) is 18.5. The molecular weight excluding hydrogens is 451 g/mol. The molecule has 3 rings (SSSR count). The monoisotopic (exact) mass is 466 g/mol. The Balaban J connectivity index is 1.66. The van der Waals surface area contributed by atoms with Crippen molar-refractivity contribution >= 4 is 64.5 Å². The van der Waals surface area contributed by atoms with Crippen LogP contribution in [-0.4, -0.2) is 20.7 Å². The molecule has 0 aliphatic heterocycles. The summed E-state index contributed by atoms with van der Waals surface area (Å²) in [4.78, 5) is 12.3. The van der Waals surface area contributed by atoms with Gasteiger partial charge in [-0.3, -0.25) is 14.7 Å². The quantitative estimate of drug-likeness (QED) is 0.332. The molecule has 0 spiro atoms. The topological polar surface area (TPSA) is 59.8 Å². The molecule has 0 aliphatic rings. The molecule has 5 nitrogen and oxygen atoms in total. The first-order valence-electron chi connectivity index (χ1n) is 8.71. The number of carbonyl (C=O) groups is 1. The molecule has 1 amide bonds. The molecule has 1 aromatic heterocycles. The van der Waals surface area contributed by atoms with Crippen LogP contribution in [0, 0.1) is 0 Å². The lowest BCUT2D eigenvalue weighted by molar-refractivity contribution is -0.111. The third kappa shape index (κ3) is 5.76. The van der Waals surface area contributed by atoms with Gasteiger partial charge in [0.25, 0.3) is 5.91 Å². The van der Waals surface area contributed by atoms with E-state index in [1.165, 1.54) is 17.8 Å². The van der Waals surface area contributed by atoms with E-state index in [1.807, 2.05) is 35.8 Å². The van der Waals surface area contributed by atoms with E-state index >= 15 is 0 Å². The van der Waals surface area contributed by atoms with E-state index in [2.05, 4.69) is 15.5 Å². The fraction of sp³-hybridized carbons (Fsp3) is 0.150. The van der Waals surface area contributed by atoms with Crippen LogP contribution in [0.1, 0.15) is 18.1 Å². The third-order valence-corrected chi connectivity index (χ3v) is 6.08. The van der Waals surface area contributed by atoms with Gasteiger partial charge in [0.05, 0.1) is 10.0 Å². The molecule has 29 heavy (non-hydrogen) atoms. The summed E-state index contributed by atoms with van der Waals surface area (Å²) in [6.45, 7) is 2.58. The van der Waals surface area contributed by atoms with E-state index in [1.54, 1.807) is 24.3 Å². The number of nitrogens with zero attached hydrogens (tertiary/aromatic N) is 3. The van der Waals surface area contributed by atoms with Crippen LogP contribution in [-0.2, 0) is 17.1 Å². The van der Waals surface area contributed by atoms with Crippen molar-refractivity contribution in [1.82, 2.24) is 14.8 Å². The Labute approximate surface area is 188 Å². The summed E-state index contributed by atoms with van der Waals surface area (Å²) in [5.41, 5.74) is 1.78. The molecular formula is C20H17Cl3N4OS. The normalized spacial score (nSPS) is 11.2. The summed E-state index contributed by atoms with van der Waals surface area (Å²) in [7, 11) is 0. The summed E-state index contributed by atoms with van der Waals surface area (Å²) >= 11 is 19.6. The fourth-order valence-electron chi connectivity index (χ4n) is 2.47. The van der Waals surface area contributed by atoms with Crippen molar-refractivity contribution in [2.24, 2.45) is 0 Å². The Kier molecular flexibility index (Phi) is 7.61. The number of anilines is 1. The van der Waals surface area contributed by atoms with Gasteiger partial charge in [-0.05, 0) is 42.3 Å². The molecule has 1 heterocycles. The molecule has 2 aromatic carbocycles. The second-order valence-electron chi connectivity index (χ2n) is 5.93. The zero-order chi connectivity index (χ0) is 20.8. The van der Waals surface area contributed by atoms with Crippen LogP contribution >= 0.6 is 46.6 Å². The van der Waals surface area contributed by atoms with Crippen molar-refractivity contribution in [3.63, 3.8) is 0 Å². The molecule has 0 radical (unpaired) electrons. The van der Waals surface area contributed by atoms with Crippen molar-refractivity contribution in [2.75, 3.05) is 5.32 Å². The van der Waals surface area contributed by atoms with Gasteiger partial charge in [-0.25, -0.2) is 0 Å². The van der Waals surface area contributed by atoms with Crippen LogP contribution in [0.5, 0.6) is 0 Å². The van der Waals surface area contributed by atoms with Crippen molar-refractivity contribution in [1.29, 1.82) is 0 Å². The van der Waals surface area contributed by atoms with Gasteiger partial charge >= 0.3 is 0 Å². The molecule has 150 valence electrons. The van der Waals surface area contributed by atoms with Crippen molar-refractivity contribution < 1.29 is 4.79 Å². The summed E-state index contributed by atoms with van der Waals surface area (Å²) < 4.78 is 1.84. The van der Waals surface area contributed by atoms with Crippen LogP contribution < -0.4 is 5.32 Å². The highest BCUT2D eigenvalue weighted by Gasteiger charge is 2.13. The minimum absolute atomic E-state index is 0.319. The van der Waals surface area contributed by atoms with Crippen LogP contribution in [0.2, 0.25) is 15.1 Å². The van der Waals surface area contributed by atoms with Gasteiger partial charge in [0, 0.05) is 23.4 Å². The maximum absolute atomic E-state index is 12.3. The highest BCUT2D eigenvalue weighted by molar-refractivity contribution is 7.98. The molecule has 0 saturated heterocycles. The molecule has 9 heteroatoms. The predicted octanol–water partition coefficient (Wildman–Crippen LogP) is 6.20. The predicted molar refractivity (Wildman–Crippen MR) is 121 cm³/mol. The molecule has 0 aliphatic carbocycles. The minimum atomic E-state index is -0.319. The Morgan fingerprint density at radius 3 is 2.62 bits per heavy atom. The van der Waals surface area contributed by atoms with Gasteiger partial charge in [0.1, 0.15) is 0 Å². The van der Waals surface area contributed by atoms with Crippen LogP contribution in [0.15, 0.2) is 53.7 Å². The van der Waals surface area contributed by atoms with E-state index in [4.69, 9.17) is 34.8 Å². The van der Waals surface area contributed by atoms with Gasteiger partial charge < -0.3 is 0 Å². The van der Waals surface area contributed by atoms with Gasteiger partial charge in [0.15, 0.2) is 5.16 Å². The Morgan fingerprint density at radius 2 is 1.90 bits per heavy atom. The van der Waals surface area contributed by atoms with Crippen LogP contribution in [0.25, 0.3) is 6.08 Å². The largest absolute Gasteiger partial charge is 0.291 e. The van der Waals surface area contributed by atoms with E-state index in [9.17, 15) is 4.79 Å². The lowest BCUT2D eigenvalue weighted by Crippen LogP contribution is -2.13. The maximum Gasteiger partial charge on any atom is 0.250 e. The Bertz CT molecular complexity index is 1050. The average molecular weight is 468 g/mol. The first-order chi connectivity index (χ1) is 14.0. The number of hydrogen-bond donors (Lipinski definition) is 1. The summed E-state index contributed by atoms with van der Waals surface area (Å²) in [5.74, 6) is 0.724. The molecule has 0 fully saturated rings. The zero-order valence-electron chi connectivity index (χ0n) is 15.4. The Morgan fingerprint density at radius 1 is 1.10 bits per heavy atom. The lowest BCUT2D eigenvalue weighted by atomic mass is 10.2. The molecule has 3 aromatic rings. The first-order valence-corrected chi connectivity index (χ1v) is 10.8. The highest BCUT2D eigenvalue weighted by Crippen LogP contribution is 2.27. The first kappa shape index (κ1) is 21.7. The summed E-state index contributed by atoms with van der Waals surface area (Å²) in [6, 6.07) is 12.8. The van der Waals surface area contributed by atoms with E-state index < -0.39 is 0 Å². The Hall–Kier alpha value is -1.99.